The van der Waals surface area contributed by atoms with Gasteiger partial charge in [0, 0.05) is 6.54 Å². The third-order valence-corrected chi connectivity index (χ3v) is 3.46. The number of alkyl halides is 1. The largest absolute Gasteiger partial charge is 0.455 e. The molecule has 0 radical (unpaired) electrons. The Balaban J connectivity index is 1.87. The average Bonchev–Trinajstić information content (AvgIpc) is 2.90. The lowest BCUT2D eigenvalue weighted by Gasteiger charge is -2.07. The Hall–Kier alpha value is -1.74. The molecular weight excluding hydrogens is 274 g/mol. The molecule has 0 unspecified atom stereocenters. The Morgan fingerprint density at radius 2 is 2.05 bits per heavy atom. The van der Waals surface area contributed by atoms with Gasteiger partial charge in [0.2, 0.25) is 0 Å². The molecule has 0 aliphatic rings. The Morgan fingerprint density at radius 1 is 1.25 bits per heavy atom. The van der Waals surface area contributed by atoms with Crippen LogP contribution in [0.15, 0.2) is 34.7 Å². The molecule has 0 saturated heterocycles. The highest BCUT2D eigenvalue weighted by molar-refractivity contribution is 6.16. The molecule has 0 saturated carbocycles. The lowest BCUT2D eigenvalue weighted by Crippen LogP contribution is -2.25. The fourth-order valence-corrected chi connectivity index (χ4v) is 2.24. The van der Waals surface area contributed by atoms with E-state index in [1.807, 2.05) is 0 Å². The molecule has 1 amide bonds. The lowest BCUT2D eigenvalue weighted by molar-refractivity contribution is 0.0925. The van der Waals surface area contributed by atoms with Crippen LogP contribution < -0.4 is 5.32 Å². The van der Waals surface area contributed by atoms with Crippen LogP contribution in [0.4, 0.5) is 0 Å². The highest BCUT2D eigenvalue weighted by Gasteiger charge is 2.10. The maximum atomic E-state index is 11.9. The van der Waals surface area contributed by atoms with Crippen LogP contribution in [0.1, 0.15) is 33.0 Å². The van der Waals surface area contributed by atoms with Gasteiger partial charge in [-0.25, -0.2) is 0 Å². The molecule has 0 aliphatic carbocycles. The second kappa shape index (κ2) is 6.62. The number of hydrogen-bond donors (Lipinski definition) is 1. The first-order valence-electron chi connectivity index (χ1n) is 6.59. The van der Waals surface area contributed by atoms with Gasteiger partial charge in [-0.1, -0.05) is 23.8 Å². The summed E-state index contributed by atoms with van der Waals surface area (Å²) >= 11 is 5.63. The molecule has 0 atom stereocenters. The molecule has 1 heterocycles. The molecule has 20 heavy (non-hydrogen) atoms. The van der Waals surface area contributed by atoms with Crippen LogP contribution in [0.3, 0.4) is 0 Å². The van der Waals surface area contributed by atoms with E-state index in [2.05, 4.69) is 37.4 Å². The van der Waals surface area contributed by atoms with E-state index >= 15 is 0 Å². The second-order valence-corrected chi connectivity index (χ2v) is 5.10. The summed E-state index contributed by atoms with van der Waals surface area (Å²) in [6.45, 7) is 4.74. The summed E-state index contributed by atoms with van der Waals surface area (Å²) in [5, 5.41) is 2.85. The predicted molar refractivity (Wildman–Crippen MR) is 80.2 cm³/mol. The monoisotopic (exact) mass is 291 g/mol. The van der Waals surface area contributed by atoms with Gasteiger partial charge in [0.15, 0.2) is 5.76 Å². The van der Waals surface area contributed by atoms with Gasteiger partial charge in [-0.15, -0.1) is 11.6 Å². The van der Waals surface area contributed by atoms with Gasteiger partial charge in [-0.2, -0.15) is 0 Å². The maximum absolute atomic E-state index is 11.9. The Morgan fingerprint density at radius 3 is 2.70 bits per heavy atom. The SMILES string of the molecule is Cc1ccc(CCNC(=O)c2ccc(CCl)o2)c(C)c1. The van der Waals surface area contributed by atoms with E-state index in [0.717, 1.165) is 6.42 Å². The van der Waals surface area contributed by atoms with E-state index in [1.165, 1.54) is 16.7 Å². The van der Waals surface area contributed by atoms with Crippen LogP contribution in [0, 0.1) is 13.8 Å². The van der Waals surface area contributed by atoms with Crippen molar-refractivity contribution in [3.8, 4) is 0 Å². The van der Waals surface area contributed by atoms with Crippen LogP contribution in [-0.2, 0) is 12.3 Å². The first kappa shape index (κ1) is 14.7. The number of carbonyl (C=O) groups is 1. The molecule has 0 spiro atoms. The van der Waals surface area contributed by atoms with Crippen molar-refractivity contribution < 1.29 is 9.21 Å². The van der Waals surface area contributed by atoms with E-state index in [4.69, 9.17) is 16.0 Å². The second-order valence-electron chi connectivity index (χ2n) is 4.84. The van der Waals surface area contributed by atoms with Crippen molar-refractivity contribution in [1.82, 2.24) is 5.32 Å². The molecular formula is C16H18ClNO2. The summed E-state index contributed by atoms with van der Waals surface area (Å²) in [5.41, 5.74) is 3.75. The summed E-state index contributed by atoms with van der Waals surface area (Å²) in [6, 6.07) is 9.70. The van der Waals surface area contributed by atoms with E-state index in [9.17, 15) is 4.79 Å². The first-order valence-corrected chi connectivity index (χ1v) is 7.12. The quantitative estimate of drug-likeness (QED) is 0.855. The molecule has 0 fully saturated rings. The van der Waals surface area contributed by atoms with Gasteiger partial charge in [0.25, 0.3) is 5.91 Å². The minimum atomic E-state index is -0.203. The fourth-order valence-electron chi connectivity index (χ4n) is 2.10. The van der Waals surface area contributed by atoms with Gasteiger partial charge in [0.05, 0.1) is 5.88 Å². The van der Waals surface area contributed by atoms with Crippen molar-refractivity contribution in [2.75, 3.05) is 6.54 Å². The molecule has 3 nitrogen and oxygen atoms in total. The standard InChI is InChI=1S/C16H18ClNO2/c1-11-3-4-13(12(2)9-11)7-8-18-16(19)15-6-5-14(10-17)20-15/h3-6,9H,7-8,10H2,1-2H3,(H,18,19). The van der Waals surface area contributed by atoms with Crippen molar-refractivity contribution >= 4 is 17.5 Å². The van der Waals surface area contributed by atoms with Gasteiger partial charge in [0.1, 0.15) is 5.76 Å². The zero-order chi connectivity index (χ0) is 14.5. The average molecular weight is 292 g/mol. The smallest absolute Gasteiger partial charge is 0.287 e. The number of halogens is 1. The third-order valence-electron chi connectivity index (χ3n) is 3.20. The number of hydrogen-bond acceptors (Lipinski definition) is 2. The minimum Gasteiger partial charge on any atom is -0.455 e. The number of furan rings is 1. The number of nitrogens with one attached hydrogen (secondary N) is 1. The van der Waals surface area contributed by atoms with Crippen LogP contribution in [0.25, 0.3) is 0 Å². The molecule has 2 aromatic rings. The summed E-state index contributed by atoms with van der Waals surface area (Å²) in [4.78, 5) is 11.9. The van der Waals surface area contributed by atoms with Crippen molar-refractivity contribution in [1.29, 1.82) is 0 Å². The number of amides is 1. The van der Waals surface area contributed by atoms with Crippen LogP contribution in [0.5, 0.6) is 0 Å². The number of aryl methyl sites for hydroxylation is 2. The number of carbonyl (C=O) groups excluding carboxylic acids is 1. The molecule has 0 bridgehead atoms. The van der Waals surface area contributed by atoms with Crippen LogP contribution in [0.2, 0.25) is 0 Å². The molecule has 0 aliphatic heterocycles. The van der Waals surface area contributed by atoms with Gasteiger partial charge in [-0.3, -0.25) is 4.79 Å². The summed E-state index contributed by atoms with van der Waals surface area (Å²) in [7, 11) is 0. The predicted octanol–water partition coefficient (Wildman–Crippen LogP) is 3.61. The summed E-state index contributed by atoms with van der Waals surface area (Å²) in [6.07, 6.45) is 0.806. The first-order chi connectivity index (χ1) is 9.60. The van der Waals surface area contributed by atoms with Crippen LogP contribution in [-0.4, -0.2) is 12.5 Å². The lowest BCUT2D eigenvalue weighted by atomic mass is 10.0. The Kier molecular flexibility index (Phi) is 4.85. The molecule has 4 heteroatoms. The number of rotatable bonds is 5. The fraction of sp³-hybridized carbons (Fsp3) is 0.312. The van der Waals surface area contributed by atoms with Crippen molar-refractivity contribution in [3.63, 3.8) is 0 Å². The zero-order valence-electron chi connectivity index (χ0n) is 11.7. The van der Waals surface area contributed by atoms with Gasteiger partial charge in [-0.05, 0) is 43.5 Å². The summed E-state index contributed by atoms with van der Waals surface area (Å²) in [5.74, 6) is 0.981. The normalized spacial score (nSPS) is 10.6. The van der Waals surface area contributed by atoms with E-state index in [0.29, 0.717) is 18.1 Å². The third kappa shape index (κ3) is 3.64. The highest BCUT2D eigenvalue weighted by atomic mass is 35.5. The number of benzene rings is 1. The minimum absolute atomic E-state index is 0.203. The molecule has 1 aromatic carbocycles. The Labute approximate surface area is 123 Å². The topological polar surface area (TPSA) is 42.2 Å². The molecule has 106 valence electrons. The molecule has 1 N–H and O–H groups in total. The van der Waals surface area contributed by atoms with Gasteiger partial charge < -0.3 is 9.73 Å². The summed E-state index contributed by atoms with van der Waals surface area (Å²) < 4.78 is 5.29. The van der Waals surface area contributed by atoms with E-state index in [1.54, 1.807) is 12.1 Å². The van der Waals surface area contributed by atoms with Gasteiger partial charge >= 0.3 is 0 Å². The van der Waals surface area contributed by atoms with Crippen molar-refractivity contribution in [2.24, 2.45) is 0 Å². The van der Waals surface area contributed by atoms with Crippen LogP contribution >= 0.6 is 11.6 Å². The van der Waals surface area contributed by atoms with E-state index < -0.39 is 0 Å². The molecule has 1 aromatic heterocycles. The van der Waals surface area contributed by atoms with Crippen molar-refractivity contribution in [2.45, 2.75) is 26.1 Å². The molecule has 2 rings (SSSR count). The van der Waals surface area contributed by atoms with Crippen molar-refractivity contribution in [3.05, 3.63) is 58.5 Å². The maximum Gasteiger partial charge on any atom is 0.287 e. The zero-order valence-corrected chi connectivity index (χ0v) is 12.5. The van der Waals surface area contributed by atoms with E-state index in [-0.39, 0.29) is 11.8 Å². The Bertz CT molecular complexity index is 604. The highest BCUT2D eigenvalue weighted by Crippen LogP contribution is 2.12.